The molecule has 0 spiro atoms. The van der Waals surface area contributed by atoms with E-state index in [1.165, 1.54) is 12.1 Å². The average molecular weight is 243 g/mol. The Morgan fingerprint density at radius 1 is 1.38 bits per heavy atom. The molecule has 2 rings (SSSR count). The van der Waals surface area contributed by atoms with Gasteiger partial charge >= 0.3 is 0 Å². The lowest BCUT2D eigenvalue weighted by atomic mass is 10.2. The summed E-state index contributed by atoms with van der Waals surface area (Å²) in [7, 11) is -3.75. The monoisotopic (exact) mass is 243 g/mol. The van der Waals surface area contributed by atoms with Crippen molar-refractivity contribution < 1.29 is 17.3 Å². The van der Waals surface area contributed by atoms with Crippen molar-refractivity contribution in [2.75, 3.05) is 13.2 Å². The van der Waals surface area contributed by atoms with Crippen molar-refractivity contribution in [2.24, 2.45) is 0 Å². The van der Waals surface area contributed by atoms with Crippen molar-refractivity contribution in [2.45, 2.75) is 18.2 Å². The molecule has 1 N–H and O–H groups in total. The number of ether oxygens (including phenoxy) is 1. The van der Waals surface area contributed by atoms with E-state index in [0.717, 1.165) is 5.56 Å². The van der Waals surface area contributed by atoms with Crippen LogP contribution < -0.4 is 5.32 Å². The molecule has 0 radical (unpaired) electrons. The maximum atomic E-state index is 11.8. The van der Waals surface area contributed by atoms with Gasteiger partial charge < -0.3 is 4.74 Å². The van der Waals surface area contributed by atoms with E-state index in [1.54, 1.807) is 12.1 Å². The summed E-state index contributed by atoms with van der Waals surface area (Å²) in [5.41, 5.74) is 0.995. The third kappa shape index (κ3) is 2.59. The Morgan fingerprint density at radius 3 is 2.62 bits per heavy atom. The zero-order valence-electron chi connectivity index (χ0n) is 8.84. The van der Waals surface area contributed by atoms with Crippen LogP contribution in [0.3, 0.4) is 0 Å². The molecule has 0 bridgehead atoms. The topological polar surface area (TPSA) is 64.6 Å². The van der Waals surface area contributed by atoms with Crippen molar-refractivity contribution in [3.05, 3.63) is 29.8 Å². The van der Waals surface area contributed by atoms with Crippen LogP contribution in [-0.2, 0) is 19.0 Å². The number of hydrogen-bond donors (Lipinski definition) is 1. The normalized spacial score (nSPS) is 21.2. The van der Waals surface area contributed by atoms with Gasteiger partial charge in [-0.05, 0) is 19.1 Å². The number of benzene rings is 1. The van der Waals surface area contributed by atoms with Gasteiger partial charge in [-0.2, -0.15) is 8.42 Å². The highest BCUT2D eigenvalue weighted by Gasteiger charge is 2.24. The average Bonchev–Trinajstić information content (AvgIpc) is 2.70. The molecule has 16 heavy (non-hydrogen) atoms. The molecule has 1 aliphatic rings. The first-order chi connectivity index (χ1) is 7.58. The van der Waals surface area contributed by atoms with Gasteiger partial charge in [-0.3, -0.25) is 5.32 Å². The summed E-state index contributed by atoms with van der Waals surface area (Å²) in [5.74, 6) is 0. The second kappa shape index (κ2) is 4.50. The zero-order valence-corrected chi connectivity index (χ0v) is 9.66. The molecule has 5 nitrogen and oxygen atoms in total. The van der Waals surface area contributed by atoms with E-state index >= 15 is 0 Å². The van der Waals surface area contributed by atoms with Crippen LogP contribution in [0.1, 0.15) is 5.56 Å². The lowest BCUT2D eigenvalue weighted by Gasteiger charge is -2.11. The van der Waals surface area contributed by atoms with Crippen LogP contribution in [0.2, 0.25) is 0 Å². The minimum atomic E-state index is -3.75. The summed E-state index contributed by atoms with van der Waals surface area (Å²) in [6, 6.07) is 6.47. The summed E-state index contributed by atoms with van der Waals surface area (Å²) in [6.45, 7) is 2.93. The van der Waals surface area contributed by atoms with E-state index in [0.29, 0.717) is 13.2 Å². The Hall–Kier alpha value is -0.950. The van der Waals surface area contributed by atoms with Gasteiger partial charge in [0.2, 0.25) is 6.41 Å². The van der Waals surface area contributed by atoms with Gasteiger partial charge in [-0.1, -0.05) is 17.7 Å². The summed E-state index contributed by atoms with van der Waals surface area (Å²) >= 11 is 0. The van der Waals surface area contributed by atoms with E-state index in [2.05, 4.69) is 5.32 Å². The predicted molar refractivity (Wildman–Crippen MR) is 57.2 cm³/mol. The number of rotatable bonds is 3. The Kier molecular flexibility index (Phi) is 3.25. The second-order valence-electron chi connectivity index (χ2n) is 3.52. The fourth-order valence-corrected chi connectivity index (χ4v) is 2.27. The molecular formula is C10H13NO4S. The molecule has 1 atom stereocenters. The molecule has 1 aromatic rings. The highest BCUT2D eigenvalue weighted by Crippen LogP contribution is 2.15. The second-order valence-corrected chi connectivity index (χ2v) is 5.09. The molecule has 0 aromatic heterocycles. The van der Waals surface area contributed by atoms with Gasteiger partial charge in [0.1, 0.15) is 0 Å². The standard InChI is InChI=1S/C10H13NO4S/c1-8-2-4-9(5-3-8)16(12,13)15-10-11-6-7-14-10/h2-5,10-11H,6-7H2,1H3. The quantitative estimate of drug-likeness (QED) is 0.788. The Bertz CT molecular complexity index is 448. The van der Waals surface area contributed by atoms with Crippen LogP contribution in [0.15, 0.2) is 29.2 Å². The van der Waals surface area contributed by atoms with Crippen LogP contribution in [0.25, 0.3) is 0 Å². The van der Waals surface area contributed by atoms with Crippen molar-refractivity contribution in [3.63, 3.8) is 0 Å². The minimum absolute atomic E-state index is 0.135. The largest absolute Gasteiger partial charge is 0.338 e. The molecule has 88 valence electrons. The molecule has 1 aliphatic heterocycles. The SMILES string of the molecule is Cc1ccc(S(=O)(=O)OC2NCCO2)cc1. The van der Waals surface area contributed by atoms with Gasteiger partial charge in [0.25, 0.3) is 10.1 Å². The molecule has 1 unspecified atom stereocenters. The maximum Gasteiger partial charge on any atom is 0.300 e. The van der Waals surface area contributed by atoms with Crippen molar-refractivity contribution in [3.8, 4) is 0 Å². The first-order valence-electron chi connectivity index (χ1n) is 4.93. The highest BCUT2D eigenvalue weighted by atomic mass is 32.2. The van der Waals surface area contributed by atoms with Gasteiger partial charge in [0.15, 0.2) is 0 Å². The van der Waals surface area contributed by atoms with Crippen LogP contribution >= 0.6 is 0 Å². The Morgan fingerprint density at radius 2 is 2.06 bits per heavy atom. The third-order valence-corrected chi connectivity index (χ3v) is 3.48. The van der Waals surface area contributed by atoms with Crippen molar-refractivity contribution >= 4 is 10.1 Å². The fraction of sp³-hybridized carbons (Fsp3) is 0.400. The molecule has 1 saturated heterocycles. The molecular weight excluding hydrogens is 230 g/mol. The van der Waals surface area contributed by atoms with Gasteiger partial charge in [0, 0.05) is 6.54 Å². The predicted octanol–water partition coefficient (Wildman–Crippen LogP) is 0.604. The molecule has 1 fully saturated rings. The van der Waals surface area contributed by atoms with Crippen LogP contribution in [0.4, 0.5) is 0 Å². The number of aryl methyl sites for hydroxylation is 1. The van der Waals surface area contributed by atoms with E-state index in [4.69, 9.17) is 8.92 Å². The van der Waals surface area contributed by atoms with Gasteiger partial charge in [-0.15, -0.1) is 0 Å². The van der Waals surface area contributed by atoms with E-state index < -0.39 is 16.5 Å². The lowest BCUT2D eigenvalue weighted by Crippen LogP contribution is -2.28. The molecule has 0 amide bonds. The minimum Gasteiger partial charge on any atom is -0.338 e. The number of hydrogen-bond acceptors (Lipinski definition) is 5. The molecule has 0 aliphatic carbocycles. The summed E-state index contributed by atoms with van der Waals surface area (Å²) in [4.78, 5) is 0.135. The van der Waals surface area contributed by atoms with E-state index in [9.17, 15) is 8.42 Å². The van der Waals surface area contributed by atoms with Crippen molar-refractivity contribution in [1.29, 1.82) is 0 Å². The summed E-state index contributed by atoms with van der Waals surface area (Å²) < 4.78 is 33.4. The molecule has 1 aromatic carbocycles. The number of nitrogens with one attached hydrogen (secondary N) is 1. The first kappa shape index (κ1) is 11.5. The highest BCUT2D eigenvalue weighted by molar-refractivity contribution is 7.86. The van der Waals surface area contributed by atoms with Gasteiger partial charge in [0.05, 0.1) is 11.5 Å². The smallest absolute Gasteiger partial charge is 0.300 e. The molecule has 1 heterocycles. The maximum absolute atomic E-state index is 11.8. The zero-order chi connectivity index (χ0) is 11.6. The Labute approximate surface area is 94.5 Å². The Balaban J connectivity index is 2.14. The third-order valence-electron chi connectivity index (χ3n) is 2.21. The summed E-state index contributed by atoms with van der Waals surface area (Å²) in [6.07, 6.45) is -0.869. The summed E-state index contributed by atoms with van der Waals surface area (Å²) in [5, 5.41) is 2.77. The van der Waals surface area contributed by atoms with E-state index in [-0.39, 0.29) is 4.90 Å². The fourth-order valence-electron chi connectivity index (χ4n) is 1.34. The van der Waals surface area contributed by atoms with Crippen LogP contribution in [0.5, 0.6) is 0 Å². The van der Waals surface area contributed by atoms with Gasteiger partial charge in [-0.25, -0.2) is 4.18 Å². The van der Waals surface area contributed by atoms with Crippen molar-refractivity contribution in [1.82, 2.24) is 5.32 Å². The molecule has 6 heteroatoms. The van der Waals surface area contributed by atoms with E-state index in [1.807, 2.05) is 6.92 Å². The molecule has 0 saturated carbocycles. The first-order valence-corrected chi connectivity index (χ1v) is 6.34. The van der Waals surface area contributed by atoms with Crippen LogP contribution in [-0.4, -0.2) is 28.0 Å². The lowest BCUT2D eigenvalue weighted by molar-refractivity contribution is -0.0473. The van der Waals surface area contributed by atoms with Crippen LogP contribution in [0, 0.1) is 6.92 Å².